The van der Waals surface area contributed by atoms with E-state index in [0.717, 1.165) is 5.69 Å². The van der Waals surface area contributed by atoms with E-state index >= 15 is 0 Å². The van der Waals surface area contributed by atoms with Gasteiger partial charge in [-0.2, -0.15) is 0 Å². The lowest BCUT2D eigenvalue weighted by Crippen LogP contribution is -1.85. The van der Waals surface area contributed by atoms with Crippen LogP contribution in [0.1, 0.15) is 5.56 Å². The fourth-order valence-electron chi connectivity index (χ4n) is 2.06. The Kier molecular flexibility index (Phi) is 3.63. The maximum absolute atomic E-state index is 4.51. The number of hydrogen-bond acceptors (Lipinski definition) is 1. The van der Waals surface area contributed by atoms with Gasteiger partial charge in [0.1, 0.15) is 0 Å². The van der Waals surface area contributed by atoms with Crippen molar-refractivity contribution in [2.24, 2.45) is 0 Å². The summed E-state index contributed by atoms with van der Waals surface area (Å²) in [7, 11) is 0. The topological polar surface area (TPSA) is 12.9 Å². The molecule has 0 saturated carbocycles. The molecule has 0 aliphatic rings. The first kappa shape index (κ1) is 12.6. The Labute approximate surface area is 113 Å². The molecule has 1 aromatic heterocycles. The largest absolute Gasteiger partial charge is 0.256 e. The lowest BCUT2D eigenvalue weighted by atomic mass is 10.0. The number of rotatable bonds is 1. The van der Waals surface area contributed by atoms with E-state index in [-0.39, 0.29) is 12.4 Å². The van der Waals surface area contributed by atoms with Crippen LogP contribution in [0.25, 0.3) is 22.0 Å². The molecule has 0 spiro atoms. The fraction of sp³-hybridized carbons (Fsp3) is 0.0625. The summed E-state index contributed by atoms with van der Waals surface area (Å²) in [6.07, 6.45) is 1.87. The number of aryl methyl sites for hydroxylation is 1. The molecule has 1 nitrogen and oxygen atoms in total. The second-order valence-electron chi connectivity index (χ2n) is 4.25. The van der Waals surface area contributed by atoms with Crippen LogP contribution in [0, 0.1) is 6.92 Å². The van der Waals surface area contributed by atoms with Crippen molar-refractivity contribution in [3.05, 3.63) is 66.4 Å². The summed E-state index contributed by atoms with van der Waals surface area (Å²) in [5.74, 6) is 0. The predicted molar refractivity (Wildman–Crippen MR) is 79.2 cm³/mol. The molecule has 2 heteroatoms. The predicted octanol–water partition coefficient (Wildman–Crippen LogP) is 4.63. The quantitative estimate of drug-likeness (QED) is 0.618. The maximum atomic E-state index is 4.51. The van der Waals surface area contributed by atoms with E-state index < -0.39 is 0 Å². The molecule has 3 rings (SSSR count). The van der Waals surface area contributed by atoms with Gasteiger partial charge >= 0.3 is 0 Å². The summed E-state index contributed by atoms with van der Waals surface area (Å²) in [4.78, 5) is 4.51. The molecule has 18 heavy (non-hydrogen) atoms. The number of fused-ring (bicyclic) bond motifs is 1. The minimum atomic E-state index is 0. The molecule has 0 aliphatic carbocycles. The molecule has 0 amide bonds. The summed E-state index contributed by atoms with van der Waals surface area (Å²) in [5, 5.41) is 2.44. The third-order valence-corrected chi connectivity index (χ3v) is 3.00. The Morgan fingerprint density at radius 1 is 0.833 bits per heavy atom. The summed E-state index contributed by atoms with van der Waals surface area (Å²) < 4.78 is 0. The molecule has 0 saturated heterocycles. The summed E-state index contributed by atoms with van der Waals surface area (Å²) in [5.41, 5.74) is 3.50. The monoisotopic (exact) mass is 255 g/mol. The van der Waals surface area contributed by atoms with Crippen molar-refractivity contribution in [2.45, 2.75) is 6.92 Å². The molecular formula is C16H14ClN. The van der Waals surface area contributed by atoms with E-state index in [4.69, 9.17) is 0 Å². The summed E-state index contributed by atoms with van der Waals surface area (Å²) in [6, 6.07) is 18.9. The second kappa shape index (κ2) is 5.19. The van der Waals surface area contributed by atoms with Gasteiger partial charge in [0.2, 0.25) is 0 Å². The number of hydrogen-bond donors (Lipinski definition) is 0. The van der Waals surface area contributed by atoms with E-state index in [1.807, 2.05) is 12.3 Å². The number of nitrogens with zero attached hydrogens (tertiary/aromatic N) is 1. The van der Waals surface area contributed by atoms with Crippen molar-refractivity contribution in [1.82, 2.24) is 4.98 Å². The standard InChI is InChI=1S/C16H13N.ClH/c1-12-6-8-14(9-7-12)16-15-5-3-2-4-13(15)10-11-17-16;/h2-11H,1H3;1H. The van der Waals surface area contributed by atoms with Crippen LogP contribution in [0.5, 0.6) is 0 Å². The van der Waals surface area contributed by atoms with Crippen LogP contribution in [-0.2, 0) is 0 Å². The SMILES string of the molecule is Cc1ccc(-c2nccc3ccccc23)cc1.Cl. The lowest BCUT2D eigenvalue weighted by Gasteiger charge is -2.05. The molecule has 1 heterocycles. The van der Waals surface area contributed by atoms with Gasteiger partial charge in [0.05, 0.1) is 5.69 Å². The van der Waals surface area contributed by atoms with Crippen molar-refractivity contribution in [1.29, 1.82) is 0 Å². The van der Waals surface area contributed by atoms with Gasteiger partial charge in [-0.3, -0.25) is 4.98 Å². The first-order valence-electron chi connectivity index (χ1n) is 5.75. The van der Waals surface area contributed by atoms with Crippen LogP contribution in [0.3, 0.4) is 0 Å². The molecule has 0 fully saturated rings. The van der Waals surface area contributed by atoms with Crippen LogP contribution < -0.4 is 0 Å². The van der Waals surface area contributed by atoms with Crippen molar-refractivity contribution in [2.75, 3.05) is 0 Å². The highest BCUT2D eigenvalue weighted by molar-refractivity contribution is 5.94. The van der Waals surface area contributed by atoms with Gasteiger partial charge in [0.25, 0.3) is 0 Å². The third-order valence-electron chi connectivity index (χ3n) is 3.00. The first-order valence-corrected chi connectivity index (χ1v) is 5.75. The minimum Gasteiger partial charge on any atom is -0.256 e. The number of pyridine rings is 1. The van der Waals surface area contributed by atoms with E-state index in [0.29, 0.717) is 0 Å². The van der Waals surface area contributed by atoms with Gasteiger partial charge in [0.15, 0.2) is 0 Å². The maximum Gasteiger partial charge on any atom is 0.0780 e. The zero-order valence-electron chi connectivity index (χ0n) is 10.1. The van der Waals surface area contributed by atoms with Crippen molar-refractivity contribution in [3.8, 4) is 11.3 Å². The van der Waals surface area contributed by atoms with Crippen molar-refractivity contribution < 1.29 is 0 Å². The molecule has 90 valence electrons. The van der Waals surface area contributed by atoms with E-state index in [1.165, 1.54) is 21.9 Å². The average Bonchev–Trinajstić information content (AvgIpc) is 2.39. The minimum absolute atomic E-state index is 0. The lowest BCUT2D eigenvalue weighted by molar-refractivity contribution is 1.35. The molecule has 0 bridgehead atoms. The van der Waals surface area contributed by atoms with Crippen molar-refractivity contribution >= 4 is 23.2 Å². The second-order valence-corrected chi connectivity index (χ2v) is 4.25. The Morgan fingerprint density at radius 3 is 2.33 bits per heavy atom. The molecule has 0 aliphatic heterocycles. The Morgan fingerprint density at radius 2 is 1.56 bits per heavy atom. The molecular weight excluding hydrogens is 242 g/mol. The van der Waals surface area contributed by atoms with Gasteiger partial charge in [-0.1, -0.05) is 54.1 Å². The molecule has 0 N–H and O–H groups in total. The van der Waals surface area contributed by atoms with Gasteiger partial charge in [0, 0.05) is 17.1 Å². The van der Waals surface area contributed by atoms with Gasteiger partial charge in [-0.25, -0.2) is 0 Å². The highest BCUT2D eigenvalue weighted by atomic mass is 35.5. The highest BCUT2D eigenvalue weighted by Gasteiger charge is 2.03. The summed E-state index contributed by atoms with van der Waals surface area (Å²) in [6.45, 7) is 2.10. The van der Waals surface area contributed by atoms with Crippen LogP contribution in [0.2, 0.25) is 0 Å². The van der Waals surface area contributed by atoms with Crippen LogP contribution in [-0.4, -0.2) is 4.98 Å². The number of benzene rings is 2. The Bertz CT molecular complexity index is 654. The zero-order valence-corrected chi connectivity index (χ0v) is 10.9. The fourth-order valence-corrected chi connectivity index (χ4v) is 2.06. The summed E-state index contributed by atoms with van der Waals surface area (Å²) >= 11 is 0. The smallest absolute Gasteiger partial charge is 0.0780 e. The van der Waals surface area contributed by atoms with E-state index in [1.54, 1.807) is 0 Å². The van der Waals surface area contributed by atoms with Crippen LogP contribution in [0.15, 0.2) is 60.8 Å². The van der Waals surface area contributed by atoms with Gasteiger partial charge < -0.3 is 0 Å². The van der Waals surface area contributed by atoms with Crippen LogP contribution in [0.4, 0.5) is 0 Å². The van der Waals surface area contributed by atoms with Crippen LogP contribution >= 0.6 is 12.4 Å². The zero-order chi connectivity index (χ0) is 11.7. The van der Waals surface area contributed by atoms with Gasteiger partial charge in [-0.15, -0.1) is 12.4 Å². The highest BCUT2D eigenvalue weighted by Crippen LogP contribution is 2.26. The number of halogens is 1. The molecule has 0 radical (unpaired) electrons. The Hall–Kier alpha value is -1.86. The molecule has 2 aromatic carbocycles. The van der Waals surface area contributed by atoms with Crippen molar-refractivity contribution in [3.63, 3.8) is 0 Å². The van der Waals surface area contributed by atoms with E-state index in [9.17, 15) is 0 Å². The normalized spacial score (nSPS) is 10.1. The molecule has 0 unspecified atom stereocenters. The first-order chi connectivity index (χ1) is 8.34. The average molecular weight is 256 g/mol. The van der Waals surface area contributed by atoms with E-state index in [2.05, 4.69) is 60.4 Å². The Balaban J connectivity index is 0.00000120. The molecule has 3 aromatic rings. The molecule has 0 atom stereocenters. The van der Waals surface area contributed by atoms with Gasteiger partial charge in [-0.05, 0) is 18.4 Å². The third kappa shape index (κ3) is 2.22. The number of aromatic nitrogens is 1.